The van der Waals surface area contributed by atoms with Crippen LogP contribution < -0.4 is 10.6 Å². The summed E-state index contributed by atoms with van der Waals surface area (Å²) in [6, 6.07) is 3.61. The van der Waals surface area contributed by atoms with Crippen LogP contribution in [-0.4, -0.2) is 29.3 Å². The maximum Gasteiger partial charge on any atom is 0.408 e. The van der Waals surface area contributed by atoms with Crippen LogP contribution in [0.3, 0.4) is 0 Å². The fraction of sp³-hybridized carbons (Fsp3) is 0.467. The zero-order valence-electron chi connectivity index (χ0n) is 12.2. The summed E-state index contributed by atoms with van der Waals surface area (Å²) in [4.78, 5) is 22.3. The second-order valence-electron chi connectivity index (χ2n) is 5.55. The maximum atomic E-state index is 12.9. The van der Waals surface area contributed by atoms with E-state index in [0.29, 0.717) is 24.1 Å². The number of rotatable bonds is 6. The van der Waals surface area contributed by atoms with Crippen LogP contribution in [0.4, 0.5) is 23.7 Å². The second kappa shape index (κ2) is 6.89. The van der Waals surface area contributed by atoms with Crippen LogP contribution in [0.1, 0.15) is 24.8 Å². The van der Waals surface area contributed by atoms with E-state index in [2.05, 4.69) is 5.32 Å². The summed E-state index contributed by atoms with van der Waals surface area (Å²) in [5.41, 5.74) is 1.00. The number of aliphatic carboxylic acids is 1. The van der Waals surface area contributed by atoms with Gasteiger partial charge in [0, 0.05) is 12.1 Å². The van der Waals surface area contributed by atoms with Gasteiger partial charge in [-0.2, -0.15) is 13.2 Å². The molecule has 2 amide bonds. The van der Waals surface area contributed by atoms with Gasteiger partial charge >= 0.3 is 18.2 Å². The number of hydrogen-bond donors (Lipinski definition) is 3. The summed E-state index contributed by atoms with van der Waals surface area (Å²) in [7, 11) is 0. The average Bonchev–Trinajstić information content (AvgIpc) is 3.26. The topological polar surface area (TPSA) is 78.4 Å². The normalized spacial score (nSPS) is 15.8. The van der Waals surface area contributed by atoms with E-state index in [-0.39, 0.29) is 12.8 Å². The number of carboxylic acid groups (broad SMARTS) is 1. The Balaban J connectivity index is 1.94. The molecule has 0 heterocycles. The molecule has 0 spiro atoms. The molecule has 2 rings (SSSR count). The Hall–Kier alpha value is -2.25. The molecule has 126 valence electrons. The Bertz CT molecular complexity index is 586. The van der Waals surface area contributed by atoms with Gasteiger partial charge in [0.25, 0.3) is 0 Å². The van der Waals surface area contributed by atoms with Crippen molar-refractivity contribution in [1.82, 2.24) is 5.32 Å². The van der Waals surface area contributed by atoms with Gasteiger partial charge in [0.05, 0.1) is 0 Å². The van der Waals surface area contributed by atoms with E-state index in [4.69, 9.17) is 5.11 Å². The van der Waals surface area contributed by atoms with Gasteiger partial charge in [-0.15, -0.1) is 0 Å². The number of aryl methyl sites for hydroxylation is 1. The van der Waals surface area contributed by atoms with Crippen LogP contribution >= 0.6 is 0 Å². The number of carboxylic acids is 1. The smallest absolute Gasteiger partial charge is 0.408 e. The first-order valence-corrected chi connectivity index (χ1v) is 7.20. The number of amides is 2. The lowest BCUT2D eigenvalue weighted by atomic mass is 10.1. The molecule has 23 heavy (non-hydrogen) atoms. The summed E-state index contributed by atoms with van der Waals surface area (Å²) in [5.74, 6) is -1.50. The summed E-state index contributed by atoms with van der Waals surface area (Å²) < 4.78 is 38.6. The molecule has 0 saturated heterocycles. The minimum absolute atomic E-state index is 0.0620. The third-order valence-electron chi connectivity index (χ3n) is 3.55. The molecule has 3 N–H and O–H groups in total. The molecular weight excluding hydrogens is 313 g/mol. The van der Waals surface area contributed by atoms with Crippen LogP contribution in [0.25, 0.3) is 0 Å². The third kappa shape index (κ3) is 5.46. The van der Waals surface area contributed by atoms with Crippen LogP contribution in [0.5, 0.6) is 0 Å². The van der Waals surface area contributed by atoms with Gasteiger partial charge in [0.1, 0.15) is 6.04 Å². The van der Waals surface area contributed by atoms with Crippen molar-refractivity contribution in [3.05, 3.63) is 29.8 Å². The van der Waals surface area contributed by atoms with Crippen molar-refractivity contribution in [2.45, 2.75) is 37.9 Å². The van der Waals surface area contributed by atoms with Crippen molar-refractivity contribution in [3.8, 4) is 0 Å². The third-order valence-corrected chi connectivity index (χ3v) is 3.55. The lowest BCUT2D eigenvalue weighted by molar-refractivity contribution is -0.157. The summed E-state index contributed by atoms with van der Waals surface area (Å²) in [5, 5.41) is 13.0. The molecule has 1 aromatic carbocycles. The standard InChI is InChI=1S/C15H17F3N2O3/c16-15(17,18)13(10-5-6-10)20-14(23)19-11-3-1-2-9(8-11)4-7-12(21)22/h1-3,8,10,13H,4-7H2,(H,21,22)(H2,19,20,23). The van der Waals surface area contributed by atoms with Crippen LogP contribution in [-0.2, 0) is 11.2 Å². The fourth-order valence-corrected chi connectivity index (χ4v) is 2.26. The SMILES string of the molecule is O=C(O)CCc1cccc(NC(=O)NC(C2CC2)C(F)(F)F)c1. The minimum Gasteiger partial charge on any atom is -0.481 e. The molecule has 1 atom stereocenters. The number of nitrogens with one attached hydrogen (secondary N) is 2. The highest BCUT2D eigenvalue weighted by Gasteiger charge is 2.49. The number of halogens is 3. The van der Waals surface area contributed by atoms with Crippen LogP contribution in [0.2, 0.25) is 0 Å². The first kappa shape index (κ1) is 17.1. The number of benzene rings is 1. The van der Waals surface area contributed by atoms with E-state index in [1.54, 1.807) is 18.2 Å². The van der Waals surface area contributed by atoms with Crippen molar-refractivity contribution >= 4 is 17.7 Å². The molecule has 1 aliphatic rings. The van der Waals surface area contributed by atoms with Gasteiger partial charge in [-0.1, -0.05) is 12.1 Å². The molecular formula is C15H17F3N2O3. The van der Waals surface area contributed by atoms with Crippen molar-refractivity contribution < 1.29 is 27.9 Å². The van der Waals surface area contributed by atoms with Crippen molar-refractivity contribution in [1.29, 1.82) is 0 Å². The highest BCUT2D eigenvalue weighted by atomic mass is 19.4. The Kier molecular flexibility index (Phi) is 5.12. The van der Waals surface area contributed by atoms with Gasteiger partial charge in [-0.25, -0.2) is 4.79 Å². The highest BCUT2D eigenvalue weighted by molar-refractivity contribution is 5.89. The number of carbonyl (C=O) groups is 2. The van der Waals surface area contributed by atoms with Gasteiger partial charge in [-0.3, -0.25) is 4.79 Å². The average molecular weight is 330 g/mol. The monoisotopic (exact) mass is 330 g/mol. The summed E-state index contributed by atoms with van der Waals surface area (Å²) in [6.07, 6.45) is -3.35. The molecule has 0 radical (unpaired) electrons. The Morgan fingerprint density at radius 1 is 1.30 bits per heavy atom. The molecule has 5 nitrogen and oxygen atoms in total. The molecule has 1 fully saturated rings. The number of urea groups is 1. The van der Waals surface area contributed by atoms with E-state index in [9.17, 15) is 22.8 Å². The Morgan fingerprint density at radius 2 is 2.00 bits per heavy atom. The highest BCUT2D eigenvalue weighted by Crippen LogP contribution is 2.40. The molecule has 0 aromatic heterocycles. The van der Waals surface area contributed by atoms with Gasteiger partial charge < -0.3 is 15.7 Å². The van der Waals surface area contributed by atoms with E-state index < -0.39 is 30.1 Å². The first-order chi connectivity index (χ1) is 10.8. The first-order valence-electron chi connectivity index (χ1n) is 7.20. The zero-order chi connectivity index (χ0) is 17.0. The minimum atomic E-state index is -4.47. The molecule has 0 aliphatic heterocycles. The van der Waals surface area contributed by atoms with Crippen LogP contribution in [0.15, 0.2) is 24.3 Å². The molecule has 0 bridgehead atoms. The quantitative estimate of drug-likeness (QED) is 0.750. The van der Waals surface area contributed by atoms with E-state index >= 15 is 0 Å². The lowest BCUT2D eigenvalue weighted by Crippen LogP contribution is -2.48. The molecule has 1 aromatic rings. The largest absolute Gasteiger partial charge is 0.481 e. The second-order valence-corrected chi connectivity index (χ2v) is 5.55. The molecule has 8 heteroatoms. The fourth-order valence-electron chi connectivity index (χ4n) is 2.26. The van der Waals surface area contributed by atoms with Gasteiger partial charge in [0.2, 0.25) is 0 Å². The van der Waals surface area contributed by atoms with E-state index in [1.807, 2.05) is 5.32 Å². The Morgan fingerprint density at radius 3 is 2.57 bits per heavy atom. The molecule has 1 aliphatic carbocycles. The number of hydrogen-bond acceptors (Lipinski definition) is 2. The maximum absolute atomic E-state index is 12.9. The lowest BCUT2D eigenvalue weighted by Gasteiger charge is -2.21. The van der Waals surface area contributed by atoms with E-state index in [1.165, 1.54) is 6.07 Å². The number of carbonyl (C=O) groups excluding carboxylic acids is 1. The predicted molar refractivity (Wildman–Crippen MR) is 77.1 cm³/mol. The summed E-state index contributed by atoms with van der Waals surface area (Å²) >= 11 is 0. The number of alkyl halides is 3. The van der Waals surface area contributed by atoms with E-state index in [0.717, 1.165) is 0 Å². The molecule has 1 unspecified atom stereocenters. The Labute approximate surface area is 130 Å². The van der Waals surface area contributed by atoms with Crippen LogP contribution in [0, 0.1) is 5.92 Å². The predicted octanol–water partition coefficient (Wildman–Crippen LogP) is 3.17. The van der Waals surface area contributed by atoms with Crippen molar-refractivity contribution in [2.24, 2.45) is 5.92 Å². The summed E-state index contributed by atoms with van der Waals surface area (Å²) in [6.45, 7) is 0. The van der Waals surface area contributed by atoms with Gasteiger partial charge in [0.15, 0.2) is 0 Å². The molecule has 1 saturated carbocycles. The number of anilines is 1. The van der Waals surface area contributed by atoms with Crippen molar-refractivity contribution in [2.75, 3.05) is 5.32 Å². The van der Waals surface area contributed by atoms with Crippen molar-refractivity contribution in [3.63, 3.8) is 0 Å². The zero-order valence-corrected chi connectivity index (χ0v) is 12.2. The van der Waals surface area contributed by atoms with Gasteiger partial charge in [-0.05, 0) is 42.9 Å².